The minimum Gasteiger partial charge on any atom is -0.374 e. The molecule has 3 aromatic carbocycles. The summed E-state index contributed by atoms with van der Waals surface area (Å²) in [7, 11) is 0. The highest BCUT2D eigenvalue weighted by atomic mass is 16.6. The van der Waals surface area contributed by atoms with Crippen molar-refractivity contribution < 1.29 is 18.9 Å². The van der Waals surface area contributed by atoms with Crippen LogP contribution in [-0.2, 0) is 38.8 Å². The fraction of sp³-hybridized carbons (Fsp3) is 0.438. The first-order valence-corrected chi connectivity index (χ1v) is 13.4. The summed E-state index contributed by atoms with van der Waals surface area (Å²) >= 11 is 0. The molecule has 4 heteroatoms. The molecule has 4 nitrogen and oxygen atoms in total. The van der Waals surface area contributed by atoms with Crippen molar-refractivity contribution in [2.24, 2.45) is 5.92 Å². The summed E-state index contributed by atoms with van der Waals surface area (Å²) in [6.07, 6.45) is 5.68. The second-order valence-corrected chi connectivity index (χ2v) is 10.0. The molecule has 0 N–H and O–H groups in total. The van der Waals surface area contributed by atoms with Gasteiger partial charge in [0.05, 0.1) is 38.6 Å². The van der Waals surface area contributed by atoms with Crippen LogP contribution in [0.5, 0.6) is 0 Å². The number of hydrogen-bond acceptors (Lipinski definition) is 4. The van der Waals surface area contributed by atoms with E-state index in [0.29, 0.717) is 32.3 Å². The van der Waals surface area contributed by atoms with E-state index in [4.69, 9.17) is 18.9 Å². The third-order valence-electron chi connectivity index (χ3n) is 7.43. The molecule has 1 aliphatic carbocycles. The standard InChI is InChI=1S/C32H38O4/c1-5-13-25(14-6-1)21-33-24-30-32(35-23-27-17-9-3-10-18-27)31(34-22-26-15-7-2-8-16-26)28-19-11-4-12-20-29(28)36-30/h1-3,5-10,13-18,28-32H,4,11-12,19-24H2/t28-,29+,30-,31-,32-/m1/s1. The van der Waals surface area contributed by atoms with E-state index < -0.39 is 0 Å². The number of hydrogen-bond donors (Lipinski definition) is 0. The highest BCUT2D eigenvalue weighted by Gasteiger charge is 2.47. The van der Waals surface area contributed by atoms with Crippen LogP contribution in [0.1, 0.15) is 48.8 Å². The zero-order valence-corrected chi connectivity index (χ0v) is 21.0. The quantitative estimate of drug-likeness (QED) is 0.319. The summed E-state index contributed by atoms with van der Waals surface area (Å²) in [5, 5.41) is 0. The highest BCUT2D eigenvalue weighted by molar-refractivity contribution is 5.15. The van der Waals surface area contributed by atoms with E-state index in [1.165, 1.54) is 30.4 Å². The zero-order valence-electron chi connectivity index (χ0n) is 21.0. The maximum Gasteiger partial charge on any atom is 0.113 e. The van der Waals surface area contributed by atoms with E-state index >= 15 is 0 Å². The van der Waals surface area contributed by atoms with Gasteiger partial charge in [0.2, 0.25) is 0 Å². The maximum absolute atomic E-state index is 6.76. The molecule has 2 aliphatic rings. The minimum absolute atomic E-state index is 0.0314. The molecular weight excluding hydrogens is 448 g/mol. The average molecular weight is 487 g/mol. The molecule has 1 aliphatic heterocycles. The number of ether oxygens (including phenoxy) is 4. The number of benzene rings is 3. The van der Waals surface area contributed by atoms with Crippen LogP contribution in [0.3, 0.4) is 0 Å². The predicted octanol–water partition coefficient (Wildman–Crippen LogP) is 6.72. The van der Waals surface area contributed by atoms with Crippen LogP contribution in [0, 0.1) is 5.92 Å². The van der Waals surface area contributed by atoms with E-state index in [0.717, 1.165) is 18.4 Å². The van der Waals surface area contributed by atoms with Crippen molar-refractivity contribution in [1.82, 2.24) is 0 Å². The van der Waals surface area contributed by atoms with Gasteiger partial charge >= 0.3 is 0 Å². The molecule has 5 rings (SSSR count). The highest BCUT2D eigenvalue weighted by Crippen LogP contribution is 2.39. The summed E-state index contributed by atoms with van der Waals surface area (Å²) in [6.45, 7) is 2.17. The Kier molecular flexibility index (Phi) is 9.20. The SMILES string of the molecule is c1ccc(COC[C@H]2O[C@H]3CCCCC[C@H]3[C@@H](OCc3ccccc3)[C@@H]2OCc2ccccc2)cc1. The van der Waals surface area contributed by atoms with Crippen molar-refractivity contribution in [3.8, 4) is 0 Å². The van der Waals surface area contributed by atoms with Gasteiger partial charge in [-0.05, 0) is 29.5 Å². The lowest BCUT2D eigenvalue weighted by Crippen LogP contribution is -2.57. The predicted molar refractivity (Wildman–Crippen MR) is 141 cm³/mol. The molecule has 36 heavy (non-hydrogen) atoms. The topological polar surface area (TPSA) is 36.9 Å². The van der Waals surface area contributed by atoms with Crippen LogP contribution in [-0.4, -0.2) is 31.0 Å². The van der Waals surface area contributed by atoms with Gasteiger partial charge in [0.15, 0.2) is 0 Å². The van der Waals surface area contributed by atoms with Crippen molar-refractivity contribution in [2.75, 3.05) is 6.61 Å². The minimum atomic E-state index is -0.191. The summed E-state index contributed by atoms with van der Waals surface area (Å²) in [5.41, 5.74) is 3.51. The molecule has 0 bridgehead atoms. The summed E-state index contributed by atoms with van der Waals surface area (Å²) in [4.78, 5) is 0. The first-order chi connectivity index (χ1) is 17.9. The van der Waals surface area contributed by atoms with Gasteiger partial charge in [0.1, 0.15) is 12.2 Å². The Labute approximate surface area is 215 Å². The fourth-order valence-corrected chi connectivity index (χ4v) is 5.56. The van der Waals surface area contributed by atoms with Gasteiger partial charge in [-0.3, -0.25) is 0 Å². The average Bonchev–Trinajstić information content (AvgIpc) is 3.18. The molecule has 0 spiro atoms. The first kappa shape index (κ1) is 25.2. The van der Waals surface area contributed by atoms with Gasteiger partial charge < -0.3 is 18.9 Å². The van der Waals surface area contributed by atoms with Gasteiger partial charge in [0, 0.05) is 5.92 Å². The Balaban J connectivity index is 1.34. The number of fused-ring (bicyclic) bond motifs is 1. The molecule has 0 unspecified atom stereocenters. The van der Waals surface area contributed by atoms with Crippen LogP contribution in [0.15, 0.2) is 91.0 Å². The summed E-state index contributed by atoms with van der Waals surface area (Å²) in [6, 6.07) is 31.1. The third-order valence-corrected chi connectivity index (χ3v) is 7.43. The number of rotatable bonds is 10. The Hall–Kier alpha value is -2.50. The molecule has 1 saturated carbocycles. The Morgan fingerprint density at radius 2 is 1.11 bits per heavy atom. The lowest BCUT2D eigenvalue weighted by Gasteiger charge is -2.46. The monoisotopic (exact) mass is 486 g/mol. The van der Waals surface area contributed by atoms with Crippen molar-refractivity contribution >= 4 is 0 Å². The van der Waals surface area contributed by atoms with Gasteiger partial charge in [0.25, 0.3) is 0 Å². The Morgan fingerprint density at radius 3 is 1.72 bits per heavy atom. The second-order valence-electron chi connectivity index (χ2n) is 10.0. The van der Waals surface area contributed by atoms with Crippen LogP contribution in [0.25, 0.3) is 0 Å². The zero-order chi connectivity index (χ0) is 24.4. The molecule has 0 radical (unpaired) electrons. The normalized spacial score (nSPS) is 26.2. The molecule has 0 amide bonds. The molecule has 2 fully saturated rings. The smallest absolute Gasteiger partial charge is 0.113 e. The molecule has 1 heterocycles. The molecule has 5 atom stereocenters. The van der Waals surface area contributed by atoms with Gasteiger partial charge in [-0.25, -0.2) is 0 Å². The van der Waals surface area contributed by atoms with Crippen LogP contribution >= 0.6 is 0 Å². The van der Waals surface area contributed by atoms with Crippen LogP contribution < -0.4 is 0 Å². The fourth-order valence-electron chi connectivity index (χ4n) is 5.56. The van der Waals surface area contributed by atoms with E-state index in [2.05, 4.69) is 60.7 Å². The van der Waals surface area contributed by atoms with Crippen LogP contribution in [0.4, 0.5) is 0 Å². The largest absolute Gasteiger partial charge is 0.374 e. The summed E-state index contributed by atoms with van der Waals surface area (Å²) in [5.74, 6) is 0.336. The maximum atomic E-state index is 6.76. The molecule has 1 saturated heterocycles. The third kappa shape index (κ3) is 6.83. The van der Waals surface area contributed by atoms with E-state index in [-0.39, 0.29) is 24.4 Å². The van der Waals surface area contributed by atoms with Crippen molar-refractivity contribution in [2.45, 2.75) is 76.3 Å². The van der Waals surface area contributed by atoms with Crippen molar-refractivity contribution in [3.63, 3.8) is 0 Å². The Morgan fingerprint density at radius 1 is 0.583 bits per heavy atom. The molecule has 190 valence electrons. The van der Waals surface area contributed by atoms with Crippen LogP contribution in [0.2, 0.25) is 0 Å². The van der Waals surface area contributed by atoms with E-state index in [1.807, 2.05) is 30.3 Å². The lowest BCUT2D eigenvalue weighted by atomic mass is 9.83. The Bertz CT molecular complexity index is 1010. The lowest BCUT2D eigenvalue weighted by molar-refractivity contribution is -0.246. The summed E-state index contributed by atoms with van der Waals surface area (Å²) < 4.78 is 26.3. The van der Waals surface area contributed by atoms with Gasteiger partial charge in [-0.1, -0.05) is 110 Å². The van der Waals surface area contributed by atoms with Gasteiger partial charge in [-0.15, -0.1) is 0 Å². The van der Waals surface area contributed by atoms with Gasteiger partial charge in [-0.2, -0.15) is 0 Å². The molecule has 3 aromatic rings. The van der Waals surface area contributed by atoms with Crippen molar-refractivity contribution in [3.05, 3.63) is 108 Å². The first-order valence-electron chi connectivity index (χ1n) is 13.4. The molecular formula is C32H38O4. The van der Waals surface area contributed by atoms with E-state index in [1.54, 1.807) is 0 Å². The van der Waals surface area contributed by atoms with Crippen molar-refractivity contribution in [1.29, 1.82) is 0 Å². The van der Waals surface area contributed by atoms with E-state index in [9.17, 15) is 0 Å². The molecule has 0 aromatic heterocycles. The second kappa shape index (κ2) is 13.2.